The minimum Gasteiger partial charge on any atom is -0.489 e. The third kappa shape index (κ3) is 8.97. The van der Waals surface area contributed by atoms with Crippen molar-refractivity contribution in [3.63, 3.8) is 0 Å². The van der Waals surface area contributed by atoms with Crippen molar-refractivity contribution in [2.75, 3.05) is 12.3 Å². The maximum atomic E-state index is 11.0. The van der Waals surface area contributed by atoms with Gasteiger partial charge in [-0.05, 0) is 53.8 Å². The van der Waals surface area contributed by atoms with Crippen molar-refractivity contribution in [1.29, 1.82) is 0 Å². The van der Waals surface area contributed by atoms with Crippen molar-refractivity contribution in [3.8, 4) is 23.0 Å². The van der Waals surface area contributed by atoms with Gasteiger partial charge < -0.3 is 23.8 Å². The fourth-order valence-electron chi connectivity index (χ4n) is 4.30. The van der Waals surface area contributed by atoms with E-state index in [1.165, 1.54) is 10.1 Å². The topological polar surface area (TPSA) is 154 Å². The van der Waals surface area contributed by atoms with E-state index in [1.54, 1.807) is 30.6 Å². The van der Waals surface area contributed by atoms with Gasteiger partial charge in [-0.15, -0.1) is 0 Å². The lowest BCUT2D eigenvalue weighted by atomic mass is 10.1. The summed E-state index contributed by atoms with van der Waals surface area (Å²) in [7, 11) is -4.64. The quantitative estimate of drug-likeness (QED) is 0.0911. The van der Waals surface area contributed by atoms with Crippen LogP contribution >= 0.6 is 7.82 Å². The number of phosphoric acid groups is 1. The molecule has 0 unspecified atom stereocenters. The normalized spacial score (nSPS) is 11.4. The van der Waals surface area contributed by atoms with Crippen LogP contribution < -0.4 is 19.8 Å². The molecule has 0 radical (unpaired) electrons. The Bertz CT molecular complexity index is 1660. The molecule has 0 bridgehead atoms. The molecule has 0 spiro atoms. The SMILES string of the molecule is Nc1c(-c2cc(Cc3ccc(OCCCc4ccc(OCc5ccccc5)cc4)nc3)no2)ccc[n+]1COP(=O)(O)O. The molecule has 4 N–H and O–H groups in total. The van der Waals surface area contributed by atoms with Crippen molar-refractivity contribution >= 4 is 13.6 Å². The molecule has 0 saturated heterocycles. The Morgan fingerprint density at radius 2 is 1.70 bits per heavy atom. The van der Waals surface area contributed by atoms with Crippen LogP contribution in [0, 0.1) is 0 Å². The van der Waals surface area contributed by atoms with E-state index < -0.39 is 14.6 Å². The smallest absolute Gasteiger partial charge is 0.472 e. The molecule has 43 heavy (non-hydrogen) atoms. The molecular weight excluding hydrogens is 571 g/mol. The molecule has 5 aromatic rings. The molecule has 12 heteroatoms. The van der Waals surface area contributed by atoms with E-state index in [0.717, 1.165) is 29.7 Å². The Morgan fingerprint density at radius 1 is 0.907 bits per heavy atom. The van der Waals surface area contributed by atoms with Gasteiger partial charge in [-0.1, -0.05) is 53.7 Å². The molecule has 0 aliphatic heterocycles. The molecule has 222 valence electrons. The van der Waals surface area contributed by atoms with Crippen LogP contribution in [0.15, 0.2) is 102 Å². The highest BCUT2D eigenvalue weighted by molar-refractivity contribution is 7.46. The lowest BCUT2D eigenvalue weighted by Gasteiger charge is -2.08. The Hall–Kier alpha value is -4.54. The zero-order chi connectivity index (χ0) is 30.1. The maximum Gasteiger partial charge on any atom is 0.472 e. The molecule has 3 heterocycles. The summed E-state index contributed by atoms with van der Waals surface area (Å²) in [6.07, 6.45) is 5.50. The van der Waals surface area contributed by atoms with Gasteiger partial charge >= 0.3 is 7.82 Å². The van der Waals surface area contributed by atoms with Gasteiger partial charge in [0.2, 0.25) is 12.6 Å². The lowest BCUT2D eigenvalue weighted by Crippen LogP contribution is -2.38. The van der Waals surface area contributed by atoms with Gasteiger partial charge in [-0.2, -0.15) is 0 Å². The Kier molecular flexibility index (Phi) is 9.81. The first-order chi connectivity index (χ1) is 20.8. The molecule has 0 aliphatic carbocycles. The number of phosphoric ester groups is 1. The highest BCUT2D eigenvalue weighted by Crippen LogP contribution is 2.35. The van der Waals surface area contributed by atoms with Gasteiger partial charge in [0.05, 0.1) is 18.5 Å². The molecule has 0 fully saturated rings. The number of hydrogen-bond acceptors (Lipinski definition) is 8. The Morgan fingerprint density at radius 3 is 2.44 bits per heavy atom. The maximum absolute atomic E-state index is 11.0. The zero-order valence-electron chi connectivity index (χ0n) is 23.3. The summed E-state index contributed by atoms with van der Waals surface area (Å²) in [6.45, 7) is 0.677. The molecule has 11 nitrogen and oxygen atoms in total. The number of pyridine rings is 2. The second-order valence-electron chi connectivity index (χ2n) is 9.76. The van der Waals surface area contributed by atoms with Gasteiger partial charge in [-0.25, -0.2) is 18.6 Å². The number of nitrogen functional groups attached to an aromatic ring is 1. The second-order valence-corrected chi connectivity index (χ2v) is 11.0. The van der Waals surface area contributed by atoms with Crippen molar-refractivity contribution in [2.24, 2.45) is 0 Å². The van der Waals surface area contributed by atoms with Crippen LogP contribution in [0.5, 0.6) is 11.6 Å². The summed E-state index contributed by atoms with van der Waals surface area (Å²) in [5.41, 5.74) is 10.6. The highest BCUT2D eigenvalue weighted by Gasteiger charge is 2.20. The first kappa shape index (κ1) is 29.9. The zero-order valence-corrected chi connectivity index (χ0v) is 24.2. The number of benzene rings is 2. The predicted octanol–water partition coefficient (Wildman–Crippen LogP) is 4.85. The fraction of sp³-hybridized carbons (Fsp3) is 0.194. The number of hydrogen-bond donors (Lipinski definition) is 3. The van der Waals surface area contributed by atoms with E-state index in [4.69, 9.17) is 29.5 Å². The van der Waals surface area contributed by atoms with Crippen LogP contribution in [0.3, 0.4) is 0 Å². The largest absolute Gasteiger partial charge is 0.489 e. The molecule has 0 aliphatic rings. The minimum atomic E-state index is -4.64. The number of nitrogens with two attached hydrogens (primary N) is 1. The summed E-state index contributed by atoms with van der Waals surface area (Å²) in [5, 5.41) is 4.12. The van der Waals surface area contributed by atoms with E-state index in [2.05, 4.69) is 26.8 Å². The Labute approximate surface area is 248 Å². The van der Waals surface area contributed by atoms with Crippen molar-refractivity contribution in [1.82, 2.24) is 10.1 Å². The monoisotopic (exact) mass is 603 g/mol. The van der Waals surface area contributed by atoms with Crippen LogP contribution in [0.25, 0.3) is 11.3 Å². The van der Waals surface area contributed by atoms with Gasteiger partial charge in [0.1, 0.15) is 17.9 Å². The number of aryl methyl sites for hydroxylation is 1. The highest BCUT2D eigenvalue weighted by atomic mass is 31.2. The third-order valence-electron chi connectivity index (χ3n) is 6.52. The molecule has 0 atom stereocenters. The lowest BCUT2D eigenvalue weighted by molar-refractivity contribution is -0.711. The van der Waals surface area contributed by atoms with E-state index in [0.29, 0.717) is 42.5 Å². The van der Waals surface area contributed by atoms with Gasteiger partial charge in [-0.3, -0.25) is 5.73 Å². The van der Waals surface area contributed by atoms with E-state index >= 15 is 0 Å². The van der Waals surface area contributed by atoms with Gasteiger partial charge in [0.25, 0.3) is 5.82 Å². The van der Waals surface area contributed by atoms with Crippen molar-refractivity contribution in [3.05, 3.63) is 120 Å². The molecule has 3 aromatic heterocycles. The van der Waals surface area contributed by atoms with E-state index in [9.17, 15) is 4.57 Å². The van der Waals surface area contributed by atoms with E-state index in [-0.39, 0.29) is 5.82 Å². The molecule has 2 aromatic carbocycles. The van der Waals surface area contributed by atoms with Gasteiger partial charge in [0, 0.05) is 24.8 Å². The standard InChI is InChI=1S/C31H31N4O7P/c32-31-28(9-4-16-35(31)22-41-43(36,37)38)29-19-26(34-42-29)18-25-12-15-30(33-20-25)39-17-5-8-23-10-13-27(14-11-23)40-21-24-6-2-1-3-7-24/h1-4,6-7,9-16,19-20,32H,5,8,17-18,21-22H2,(H2,36,37,38)/p+1. The van der Waals surface area contributed by atoms with Gasteiger partial charge in [0.15, 0.2) is 5.76 Å². The summed E-state index contributed by atoms with van der Waals surface area (Å²) in [6, 6.07) is 27.1. The second kappa shape index (κ2) is 14.1. The molecule has 0 saturated carbocycles. The first-order valence-corrected chi connectivity index (χ1v) is 15.1. The van der Waals surface area contributed by atoms with Crippen LogP contribution in [0.2, 0.25) is 0 Å². The third-order valence-corrected chi connectivity index (χ3v) is 6.97. The van der Waals surface area contributed by atoms with Crippen molar-refractivity contribution in [2.45, 2.75) is 32.6 Å². The molecule has 0 amide bonds. The molecule has 5 rings (SSSR count). The van der Waals surface area contributed by atoms with Crippen LogP contribution in [0.1, 0.15) is 28.8 Å². The summed E-state index contributed by atoms with van der Waals surface area (Å²) >= 11 is 0. The average Bonchev–Trinajstić information content (AvgIpc) is 3.47. The predicted molar refractivity (Wildman–Crippen MR) is 158 cm³/mol. The van der Waals surface area contributed by atoms with Crippen molar-refractivity contribution < 1.29 is 37.4 Å². The summed E-state index contributed by atoms with van der Waals surface area (Å²) in [4.78, 5) is 22.3. The number of ether oxygens (including phenoxy) is 2. The number of rotatable bonds is 14. The number of anilines is 1. The van der Waals surface area contributed by atoms with Crippen LogP contribution in [-0.4, -0.2) is 26.5 Å². The average molecular weight is 604 g/mol. The van der Waals surface area contributed by atoms with Crippen LogP contribution in [-0.2, 0) is 35.3 Å². The van der Waals surface area contributed by atoms with Crippen LogP contribution in [0.4, 0.5) is 5.82 Å². The Balaban J connectivity index is 1.06. The summed E-state index contributed by atoms with van der Waals surface area (Å²) in [5.74, 6) is 2.03. The number of nitrogens with zero attached hydrogens (tertiary/aromatic N) is 3. The fourth-order valence-corrected chi connectivity index (χ4v) is 4.58. The molecular formula is C31H32N4O7P+. The first-order valence-electron chi connectivity index (χ1n) is 13.6. The minimum absolute atomic E-state index is 0.215. The van der Waals surface area contributed by atoms with E-state index in [1.807, 2.05) is 54.6 Å². The summed E-state index contributed by atoms with van der Waals surface area (Å²) < 4.78 is 34.1. The number of aromatic nitrogens is 3.